The molecule has 3 aromatic rings. The predicted octanol–water partition coefficient (Wildman–Crippen LogP) is 4.21. The van der Waals surface area contributed by atoms with Crippen LogP contribution in [0.5, 0.6) is 0 Å². The number of hydrogen-bond acceptors (Lipinski definition) is 2. The molecule has 1 atom stereocenters. The smallest absolute Gasteiger partial charge is 0.267 e. The van der Waals surface area contributed by atoms with Crippen molar-refractivity contribution in [3.8, 4) is 0 Å². The van der Waals surface area contributed by atoms with Crippen LogP contribution < -0.4 is 5.32 Å². The Kier molecular flexibility index (Phi) is 5.02. The second-order valence-electron chi connectivity index (χ2n) is 7.63. The second-order valence-corrected chi connectivity index (χ2v) is 7.63. The van der Waals surface area contributed by atoms with Gasteiger partial charge in [0.05, 0.1) is 6.10 Å². The number of halogens is 2. The van der Waals surface area contributed by atoms with Crippen LogP contribution in [0.25, 0.3) is 10.9 Å². The Balaban J connectivity index is 1.72. The van der Waals surface area contributed by atoms with Gasteiger partial charge in [-0.2, -0.15) is 0 Å². The van der Waals surface area contributed by atoms with Crippen molar-refractivity contribution >= 4 is 16.8 Å². The molecule has 0 aliphatic heterocycles. The van der Waals surface area contributed by atoms with Crippen LogP contribution in [0.3, 0.4) is 0 Å². The first-order valence-electron chi connectivity index (χ1n) is 8.69. The van der Waals surface area contributed by atoms with E-state index in [4.69, 9.17) is 0 Å². The van der Waals surface area contributed by atoms with E-state index in [1.54, 1.807) is 6.07 Å². The molecule has 3 N–H and O–H groups in total. The van der Waals surface area contributed by atoms with E-state index >= 15 is 0 Å². The second kappa shape index (κ2) is 7.12. The third kappa shape index (κ3) is 4.17. The number of benzene rings is 2. The van der Waals surface area contributed by atoms with Gasteiger partial charge in [-0.3, -0.25) is 4.79 Å². The fourth-order valence-electron chi connectivity index (χ4n) is 2.88. The van der Waals surface area contributed by atoms with Gasteiger partial charge in [0.1, 0.15) is 17.3 Å². The minimum absolute atomic E-state index is 0.00887. The van der Waals surface area contributed by atoms with Crippen molar-refractivity contribution in [2.75, 3.05) is 6.54 Å². The van der Waals surface area contributed by atoms with Gasteiger partial charge in [0.25, 0.3) is 5.91 Å². The molecule has 0 saturated carbocycles. The zero-order chi connectivity index (χ0) is 19.8. The largest absolute Gasteiger partial charge is 0.386 e. The summed E-state index contributed by atoms with van der Waals surface area (Å²) < 4.78 is 26.7. The summed E-state index contributed by atoms with van der Waals surface area (Å²) in [5.41, 5.74) is 2.26. The van der Waals surface area contributed by atoms with Crippen LogP contribution in [0.15, 0.2) is 42.5 Å². The number of nitrogens with one attached hydrogen (secondary N) is 2. The molecule has 6 heteroatoms. The number of amides is 1. The van der Waals surface area contributed by atoms with Crippen LogP contribution in [0, 0.1) is 11.6 Å². The Morgan fingerprint density at radius 2 is 1.89 bits per heavy atom. The summed E-state index contributed by atoms with van der Waals surface area (Å²) >= 11 is 0. The molecule has 27 heavy (non-hydrogen) atoms. The number of aliphatic hydroxyl groups is 1. The highest BCUT2D eigenvalue weighted by Crippen LogP contribution is 2.26. The summed E-state index contributed by atoms with van der Waals surface area (Å²) in [7, 11) is 0. The Hall–Kier alpha value is -2.73. The normalized spacial score (nSPS) is 13.0. The zero-order valence-corrected chi connectivity index (χ0v) is 15.4. The number of H-pyrrole nitrogens is 1. The van der Waals surface area contributed by atoms with Crippen molar-refractivity contribution in [1.29, 1.82) is 0 Å². The Labute approximate surface area is 156 Å². The quantitative estimate of drug-likeness (QED) is 0.642. The average molecular weight is 372 g/mol. The molecule has 0 fully saturated rings. The van der Waals surface area contributed by atoms with Gasteiger partial charge >= 0.3 is 0 Å². The molecule has 2 aromatic carbocycles. The fraction of sp³-hybridized carbons (Fsp3) is 0.286. The summed E-state index contributed by atoms with van der Waals surface area (Å²) in [5, 5.41) is 13.5. The molecule has 4 nitrogen and oxygen atoms in total. The van der Waals surface area contributed by atoms with Crippen molar-refractivity contribution in [3.63, 3.8) is 0 Å². The topological polar surface area (TPSA) is 65.1 Å². The van der Waals surface area contributed by atoms with Crippen LogP contribution >= 0.6 is 0 Å². The highest BCUT2D eigenvalue weighted by Gasteiger charge is 2.18. The summed E-state index contributed by atoms with van der Waals surface area (Å²) in [5.74, 6) is -1.98. The molecular formula is C21H22F2N2O2. The average Bonchev–Trinajstić information content (AvgIpc) is 3.02. The molecule has 0 radical (unpaired) electrons. The van der Waals surface area contributed by atoms with E-state index in [1.165, 1.54) is 6.07 Å². The zero-order valence-electron chi connectivity index (χ0n) is 15.4. The van der Waals surface area contributed by atoms with Crippen molar-refractivity contribution in [2.45, 2.75) is 32.3 Å². The van der Waals surface area contributed by atoms with Crippen molar-refractivity contribution in [2.24, 2.45) is 0 Å². The third-order valence-corrected chi connectivity index (χ3v) is 4.51. The van der Waals surface area contributed by atoms with Gasteiger partial charge in [-0.1, -0.05) is 39.0 Å². The van der Waals surface area contributed by atoms with E-state index in [9.17, 15) is 18.7 Å². The predicted molar refractivity (Wildman–Crippen MR) is 101 cm³/mol. The Morgan fingerprint density at radius 3 is 2.56 bits per heavy atom. The van der Waals surface area contributed by atoms with Gasteiger partial charge in [-0.05, 0) is 29.2 Å². The van der Waals surface area contributed by atoms with E-state index < -0.39 is 23.6 Å². The highest BCUT2D eigenvalue weighted by atomic mass is 19.1. The lowest BCUT2D eigenvalue weighted by atomic mass is 9.87. The van der Waals surface area contributed by atoms with Crippen molar-refractivity contribution in [3.05, 3.63) is 70.9 Å². The number of aliphatic hydroxyl groups excluding tert-OH is 1. The van der Waals surface area contributed by atoms with Gasteiger partial charge < -0.3 is 15.4 Å². The lowest BCUT2D eigenvalue weighted by molar-refractivity contribution is 0.0910. The van der Waals surface area contributed by atoms with E-state index in [0.29, 0.717) is 11.8 Å². The van der Waals surface area contributed by atoms with Crippen molar-refractivity contribution < 1.29 is 18.7 Å². The molecular weight excluding hydrogens is 350 g/mol. The summed E-state index contributed by atoms with van der Waals surface area (Å²) in [6.45, 7) is 6.14. The Morgan fingerprint density at radius 1 is 1.15 bits per heavy atom. The monoisotopic (exact) mass is 372 g/mol. The van der Waals surface area contributed by atoms with Gasteiger partial charge in [-0.25, -0.2) is 8.78 Å². The van der Waals surface area contributed by atoms with Crippen molar-refractivity contribution in [1.82, 2.24) is 10.3 Å². The van der Waals surface area contributed by atoms with Crippen LogP contribution in [-0.4, -0.2) is 22.5 Å². The standard InChI is InChI=1S/C21H22F2N2O2/c1-21(2,3)13-5-4-12-8-18(25-17(12)9-13)20(27)24-11-19(26)15-7-6-14(22)10-16(15)23/h4-10,19,25-26H,11H2,1-3H3,(H,24,27). The van der Waals surface area contributed by atoms with Crippen LogP contribution in [0.1, 0.15) is 48.5 Å². The van der Waals surface area contributed by atoms with E-state index in [2.05, 4.69) is 31.1 Å². The lowest BCUT2D eigenvalue weighted by Crippen LogP contribution is -2.29. The molecule has 3 rings (SSSR count). The Bertz CT molecular complexity index is 990. The number of aromatic amines is 1. The maximum atomic E-state index is 13.7. The number of hydrogen-bond donors (Lipinski definition) is 3. The molecule has 1 aromatic heterocycles. The van der Waals surface area contributed by atoms with Crippen LogP contribution in [0.2, 0.25) is 0 Å². The minimum atomic E-state index is -1.27. The fourth-order valence-corrected chi connectivity index (χ4v) is 2.88. The maximum Gasteiger partial charge on any atom is 0.267 e. The van der Waals surface area contributed by atoms with Gasteiger partial charge in [0.2, 0.25) is 0 Å². The number of carbonyl (C=O) groups excluding carboxylic acids is 1. The number of carbonyl (C=O) groups is 1. The van der Waals surface area contributed by atoms with E-state index in [0.717, 1.165) is 22.5 Å². The first-order chi connectivity index (χ1) is 12.6. The first-order valence-corrected chi connectivity index (χ1v) is 8.69. The molecule has 0 aliphatic carbocycles. The number of aromatic nitrogens is 1. The summed E-state index contributed by atoms with van der Waals surface area (Å²) in [4.78, 5) is 15.4. The molecule has 1 amide bonds. The summed E-state index contributed by atoms with van der Waals surface area (Å²) in [6.07, 6.45) is -1.27. The van der Waals surface area contributed by atoms with Crippen LogP contribution in [0.4, 0.5) is 8.78 Å². The highest BCUT2D eigenvalue weighted by molar-refractivity contribution is 5.98. The number of fused-ring (bicyclic) bond motifs is 1. The molecule has 0 saturated heterocycles. The van der Waals surface area contributed by atoms with E-state index in [-0.39, 0.29) is 17.5 Å². The van der Waals surface area contributed by atoms with Gasteiger partial charge in [0.15, 0.2) is 0 Å². The molecule has 0 aliphatic rings. The van der Waals surface area contributed by atoms with E-state index in [1.807, 2.05) is 18.2 Å². The van der Waals surface area contributed by atoms with Crippen LogP contribution in [-0.2, 0) is 5.41 Å². The lowest BCUT2D eigenvalue weighted by Gasteiger charge is -2.18. The molecule has 0 bridgehead atoms. The molecule has 1 unspecified atom stereocenters. The maximum absolute atomic E-state index is 13.7. The van der Waals surface area contributed by atoms with Gasteiger partial charge in [0, 0.05) is 29.1 Å². The summed E-state index contributed by atoms with van der Waals surface area (Å²) in [6, 6.07) is 10.6. The first kappa shape index (κ1) is 19.0. The molecule has 142 valence electrons. The molecule has 1 heterocycles. The third-order valence-electron chi connectivity index (χ3n) is 4.51. The molecule has 0 spiro atoms. The van der Waals surface area contributed by atoms with Gasteiger partial charge in [-0.15, -0.1) is 0 Å². The SMILES string of the molecule is CC(C)(C)c1ccc2cc(C(=O)NCC(O)c3ccc(F)cc3F)[nH]c2c1. The number of rotatable bonds is 4. The minimum Gasteiger partial charge on any atom is -0.386 e.